The third-order valence-corrected chi connectivity index (χ3v) is 1.64. The fourth-order valence-corrected chi connectivity index (χ4v) is 1.09. The van der Waals surface area contributed by atoms with Crippen LogP contribution in [0.3, 0.4) is 0 Å². The molecule has 0 aliphatic rings. The largest absolute Gasteiger partial charge is 0.466 e. The number of rotatable bonds is 6. The van der Waals surface area contributed by atoms with Gasteiger partial charge in [0, 0.05) is 0 Å². The smallest absolute Gasteiger partial charge is 0.419 e. The van der Waals surface area contributed by atoms with Crippen molar-refractivity contribution < 1.29 is 22.6 Å². The van der Waals surface area contributed by atoms with Gasteiger partial charge < -0.3 is 9.47 Å². The molecule has 0 aromatic heterocycles. The Labute approximate surface area is 88.1 Å². The summed E-state index contributed by atoms with van der Waals surface area (Å²) in [6, 6.07) is 0. The van der Waals surface area contributed by atoms with Crippen LogP contribution in [0.5, 0.6) is 0 Å². The Hall–Kier alpha value is -0.870. The second-order valence-corrected chi connectivity index (χ2v) is 2.88. The second-order valence-electron chi connectivity index (χ2n) is 2.88. The molecule has 15 heavy (non-hydrogen) atoms. The summed E-state index contributed by atoms with van der Waals surface area (Å²) >= 11 is 0. The van der Waals surface area contributed by atoms with E-state index in [9.17, 15) is 13.2 Å². The maximum Gasteiger partial charge on any atom is 0.419 e. The molecule has 0 spiro atoms. The third-order valence-electron chi connectivity index (χ3n) is 1.64. The molecule has 0 bridgehead atoms. The number of halogens is 3. The minimum atomic E-state index is -4.38. The van der Waals surface area contributed by atoms with E-state index in [0.717, 1.165) is 0 Å². The molecule has 0 aliphatic carbocycles. The summed E-state index contributed by atoms with van der Waals surface area (Å²) in [6.45, 7) is 5.26. The Morgan fingerprint density at radius 2 is 1.47 bits per heavy atom. The highest BCUT2D eigenvalue weighted by molar-refractivity contribution is 5.10. The van der Waals surface area contributed by atoms with Crippen molar-refractivity contribution in [1.82, 2.24) is 0 Å². The number of hydrogen-bond donors (Lipinski definition) is 0. The third kappa shape index (κ3) is 4.95. The molecule has 0 radical (unpaired) electrons. The van der Waals surface area contributed by atoms with Gasteiger partial charge in [-0.2, -0.15) is 13.2 Å². The molecule has 0 saturated heterocycles. The van der Waals surface area contributed by atoms with Gasteiger partial charge in [-0.15, -0.1) is 0 Å². The average Bonchev–Trinajstić information content (AvgIpc) is 2.12. The van der Waals surface area contributed by atoms with E-state index in [0.29, 0.717) is 6.42 Å². The highest BCUT2D eigenvalue weighted by atomic mass is 19.4. The van der Waals surface area contributed by atoms with Crippen LogP contribution in [0.25, 0.3) is 0 Å². The average molecular weight is 226 g/mol. The lowest BCUT2D eigenvalue weighted by Gasteiger charge is -2.17. The zero-order chi connectivity index (χ0) is 11.9. The van der Waals surface area contributed by atoms with Gasteiger partial charge in [0.05, 0.1) is 13.2 Å². The Kier molecular flexibility index (Phi) is 6.20. The lowest BCUT2D eigenvalue weighted by atomic mass is 10.1. The molecule has 0 atom stereocenters. The molecule has 0 aromatic rings. The van der Waals surface area contributed by atoms with E-state index in [4.69, 9.17) is 9.47 Å². The normalized spacial score (nSPS) is 11.1. The Balaban J connectivity index is 4.95. The van der Waals surface area contributed by atoms with E-state index in [1.165, 1.54) is 0 Å². The van der Waals surface area contributed by atoms with Gasteiger partial charge in [-0.3, -0.25) is 0 Å². The van der Waals surface area contributed by atoms with Crippen molar-refractivity contribution in [3.63, 3.8) is 0 Å². The number of allylic oxidation sites excluding steroid dienone is 1. The molecule has 0 N–H and O–H groups in total. The van der Waals surface area contributed by atoms with Gasteiger partial charge in [0.2, 0.25) is 0 Å². The lowest BCUT2D eigenvalue weighted by molar-refractivity contribution is -0.106. The minimum Gasteiger partial charge on any atom is -0.466 e. The number of hydrogen-bond acceptors (Lipinski definition) is 2. The number of alkyl halides is 3. The summed E-state index contributed by atoms with van der Waals surface area (Å²) in [5, 5.41) is 0. The van der Waals surface area contributed by atoms with Crippen LogP contribution in [-0.4, -0.2) is 19.4 Å². The van der Waals surface area contributed by atoms with Crippen LogP contribution < -0.4 is 0 Å². The molecule has 0 unspecified atom stereocenters. The monoisotopic (exact) mass is 226 g/mol. The first-order valence-electron chi connectivity index (χ1n) is 5.03. The van der Waals surface area contributed by atoms with Crippen LogP contribution in [0.1, 0.15) is 33.6 Å². The topological polar surface area (TPSA) is 18.5 Å². The van der Waals surface area contributed by atoms with Crippen molar-refractivity contribution in [2.45, 2.75) is 39.8 Å². The van der Waals surface area contributed by atoms with Gasteiger partial charge in [-0.1, -0.05) is 13.3 Å². The fraction of sp³-hybridized carbons (Fsp3) is 0.800. The molecular formula is C10H17F3O2. The molecule has 0 aromatic carbocycles. The maximum absolute atomic E-state index is 12.6. The van der Waals surface area contributed by atoms with Crippen molar-refractivity contribution >= 4 is 0 Å². The van der Waals surface area contributed by atoms with Crippen molar-refractivity contribution in [3.05, 3.63) is 11.5 Å². The van der Waals surface area contributed by atoms with Gasteiger partial charge in [-0.05, 0) is 20.3 Å². The van der Waals surface area contributed by atoms with Gasteiger partial charge in [0.15, 0.2) is 0 Å². The predicted molar refractivity (Wildman–Crippen MR) is 51.2 cm³/mol. The van der Waals surface area contributed by atoms with E-state index in [2.05, 4.69) is 0 Å². The first-order chi connectivity index (χ1) is 6.97. The maximum atomic E-state index is 12.6. The summed E-state index contributed by atoms with van der Waals surface area (Å²) in [5.74, 6) is -0.380. The Morgan fingerprint density at radius 1 is 1.00 bits per heavy atom. The van der Waals surface area contributed by atoms with Crippen molar-refractivity contribution in [2.75, 3.05) is 13.2 Å². The van der Waals surface area contributed by atoms with Crippen LogP contribution >= 0.6 is 0 Å². The van der Waals surface area contributed by atoms with Crippen LogP contribution in [0.4, 0.5) is 13.2 Å². The highest BCUT2D eigenvalue weighted by Gasteiger charge is 2.37. The predicted octanol–water partition coefficient (Wildman–Crippen LogP) is 3.63. The summed E-state index contributed by atoms with van der Waals surface area (Å²) in [7, 11) is 0. The van der Waals surface area contributed by atoms with Gasteiger partial charge in [0.1, 0.15) is 5.57 Å². The summed E-state index contributed by atoms with van der Waals surface area (Å²) in [4.78, 5) is 0. The van der Waals surface area contributed by atoms with Gasteiger partial charge in [0.25, 0.3) is 5.95 Å². The Bertz CT molecular complexity index is 201. The minimum absolute atomic E-state index is 0.0845. The van der Waals surface area contributed by atoms with Crippen molar-refractivity contribution in [3.8, 4) is 0 Å². The fourth-order valence-electron chi connectivity index (χ4n) is 1.09. The van der Waals surface area contributed by atoms with Crippen LogP contribution in [0.15, 0.2) is 11.5 Å². The standard InChI is InChI=1S/C10H17F3O2/c1-4-7-8(10(11,12)13)9(14-5-2)15-6-3/h4-7H2,1-3H3. The van der Waals surface area contributed by atoms with E-state index in [1.807, 2.05) is 0 Å². The van der Waals surface area contributed by atoms with Gasteiger partial charge in [-0.25, -0.2) is 0 Å². The molecule has 90 valence electrons. The van der Waals surface area contributed by atoms with Crippen LogP contribution in [0, 0.1) is 0 Å². The van der Waals surface area contributed by atoms with Crippen LogP contribution in [-0.2, 0) is 9.47 Å². The van der Waals surface area contributed by atoms with E-state index < -0.39 is 11.7 Å². The van der Waals surface area contributed by atoms with Crippen molar-refractivity contribution in [1.29, 1.82) is 0 Å². The molecule has 0 amide bonds. The summed E-state index contributed by atoms with van der Waals surface area (Å²) in [5.41, 5.74) is -0.714. The van der Waals surface area contributed by atoms with Crippen molar-refractivity contribution in [2.24, 2.45) is 0 Å². The lowest BCUT2D eigenvalue weighted by Crippen LogP contribution is -2.17. The zero-order valence-electron chi connectivity index (χ0n) is 9.28. The molecule has 0 heterocycles. The molecule has 0 rings (SSSR count). The van der Waals surface area contributed by atoms with E-state index >= 15 is 0 Å². The Morgan fingerprint density at radius 3 is 1.73 bits per heavy atom. The quantitative estimate of drug-likeness (QED) is 0.644. The van der Waals surface area contributed by atoms with E-state index in [-0.39, 0.29) is 25.6 Å². The molecule has 2 nitrogen and oxygen atoms in total. The number of ether oxygens (including phenoxy) is 2. The SMILES string of the molecule is CCCC(=C(OCC)OCC)C(F)(F)F. The highest BCUT2D eigenvalue weighted by Crippen LogP contribution is 2.32. The molecule has 0 saturated carbocycles. The first-order valence-corrected chi connectivity index (χ1v) is 5.03. The van der Waals surface area contributed by atoms with Crippen LogP contribution in [0.2, 0.25) is 0 Å². The second kappa shape index (κ2) is 6.58. The van der Waals surface area contributed by atoms with Gasteiger partial charge >= 0.3 is 6.18 Å². The van der Waals surface area contributed by atoms with E-state index in [1.54, 1.807) is 20.8 Å². The molecule has 0 fully saturated rings. The molecular weight excluding hydrogens is 209 g/mol. The zero-order valence-corrected chi connectivity index (χ0v) is 9.28. The summed E-state index contributed by atoms with van der Waals surface area (Å²) < 4.78 is 47.5. The molecule has 0 aliphatic heterocycles. The first kappa shape index (κ1) is 14.1. The summed E-state index contributed by atoms with van der Waals surface area (Å²) in [6.07, 6.45) is -4.06. The molecule has 5 heteroatoms.